The Morgan fingerprint density at radius 3 is 2.28 bits per heavy atom. The van der Waals surface area contributed by atoms with Crippen LogP contribution in [0.3, 0.4) is 0 Å². The van der Waals surface area contributed by atoms with Gasteiger partial charge in [0.1, 0.15) is 6.10 Å². The fourth-order valence-electron chi connectivity index (χ4n) is 3.35. The molecule has 138 valence electrons. The first kappa shape index (κ1) is 17.9. The molecule has 1 heterocycles. The number of hydrogen-bond acceptors (Lipinski definition) is 5. The minimum atomic E-state index is -0.250. The van der Waals surface area contributed by atoms with Gasteiger partial charge in [0.25, 0.3) is 5.91 Å². The molecule has 0 spiro atoms. The van der Waals surface area contributed by atoms with Crippen molar-refractivity contribution in [2.45, 2.75) is 44.2 Å². The molecule has 1 saturated heterocycles. The Hall–Kier alpha value is -1.95. The summed E-state index contributed by atoms with van der Waals surface area (Å²) in [5.41, 5.74) is 1.06. The Balaban J connectivity index is 1.71. The monoisotopic (exact) mass is 349 g/mol. The van der Waals surface area contributed by atoms with Crippen LogP contribution < -0.4 is 14.2 Å². The van der Waals surface area contributed by atoms with Crippen molar-refractivity contribution < 1.29 is 23.7 Å². The minimum absolute atomic E-state index is 0.146. The van der Waals surface area contributed by atoms with Gasteiger partial charge < -0.3 is 23.8 Å². The molecule has 1 amide bonds. The van der Waals surface area contributed by atoms with E-state index in [9.17, 15) is 4.79 Å². The lowest BCUT2D eigenvalue weighted by atomic mass is 10.1. The van der Waals surface area contributed by atoms with Gasteiger partial charge in [-0.3, -0.25) is 4.79 Å². The summed E-state index contributed by atoms with van der Waals surface area (Å²) in [6.45, 7) is 1.38. The minimum Gasteiger partial charge on any atom is -0.493 e. The van der Waals surface area contributed by atoms with Crippen LogP contribution in [0.25, 0.3) is 0 Å². The van der Waals surface area contributed by atoms with Gasteiger partial charge in [0.15, 0.2) is 11.5 Å². The van der Waals surface area contributed by atoms with Crippen molar-refractivity contribution in [2.75, 3.05) is 34.5 Å². The Labute approximate surface area is 149 Å². The zero-order chi connectivity index (χ0) is 17.8. The highest BCUT2D eigenvalue weighted by Crippen LogP contribution is 2.38. The molecule has 1 aromatic rings. The van der Waals surface area contributed by atoms with Crippen LogP contribution in [-0.4, -0.2) is 57.4 Å². The van der Waals surface area contributed by atoms with E-state index in [1.54, 1.807) is 21.3 Å². The second-order valence-corrected chi connectivity index (χ2v) is 6.55. The van der Waals surface area contributed by atoms with Gasteiger partial charge >= 0.3 is 0 Å². The van der Waals surface area contributed by atoms with Crippen molar-refractivity contribution >= 4 is 5.91 Å². The van der Waals surface area contributed by atoms with E-state index in [-0.39, 0.29) is 12.0 Å². The average molecular weight is 349 g/mol. The van der Waals surface area contributed by atoms with Gasteiger partial charge in [0.2, 0.25) is 5.75 Å². The van der Waals surface area contributed by atoms with Crippen LogP contribution in [0.5, 0.6) is 17.2 Å². The lowest BCUT2D eigenvalue weighted by molar-refractivity contribution is -0.141. The van der Waals surface area contributed by atoms with Crippen LogP contribution in [0.1, 0.15) is 31.2 Å². The molecule has 3 rings (SSSR count). The van der Waals surface area contributed by atoms with Crippen LogP contribution in [-0.2, 0) is 16.0 Å². The van der Waals surface area contributed by atoms with Gasteiger partial charge in [-0.1, -0.05) is 0 Å². The first-order valence-electron chi connectivity index (χ1n) is 8.89. The summed E-state index contributed by atoms with van der Waals surface area (Å²) in [4.78, 5) is 14.7. The maximum Gasteiger partial charge on any atom is 0.251 e. The van der Waals surface area contributed by atoms with Crippen molar-refractivity contribution in [1.29, 1.82) is 0 Å². The lowest BCUT2D eigenvalue weighted by Crippen LogP contribution is -2.41. The first-order valence-corrected chi connectivity index (χ1v) is 8.89. The Morgan fingerprint density at radius 1 is 1.12 bits per heavy atom. The molecular formula is C19H27NO5. The summed E-state index contributed by atoms with van der Waals surface area (Å²) < 4.78 is 21.8. The van der Waals surface area contributed by atoms with Gasteiger partial charge in [-0.2, -0.15) is 0 Å². The van der Waals surface area contributed by atoms with E-state index in [4.69, 9.17) is 18.9 Å². The van der Waals surface area contributed by atoms with Crippen molar-refractivity contribution in [3.63, 3.8) is 0 Å². The van der Waals surface area contributed by atoms with Crippen LogP contribution in [0, 0.1) is 0 Å². The van der Waals surface area contributed by atoms with Gasteiger partial charge in [-0.25, -0.2) is 0 Å². The van der Waals surface area contributed by atoms with Gasteiger partial charge in [0, 0.05) is 19.2 Å². The molecule has 1 unspecified atom stereocenters. The fraction of sp³-hybridized carbons (Fsp3) is 0.632. The molecule has 2 aliphatic rings. The van der Waals surface area contributed by atoms with Crippen LogP contribution in [0.4, 0.5) is 0 Å². The average Bonchev–Trinajstić information content (AvgIpc) is 3.32. The van der Waals surface area contributed by atoms with E-state index < -0.39 is 0 Å². The second-order valence-electron chi connectivity index (χ2n) is 6.55. The number of methoxy groups -OCH3 is 3. The maximum absolute atomic E-state index is 12.7. The molecule has 1 saturated carbocycles. The van der Waals surface area contributed by atoms with Gasteiger partial charge in [-0.15, -0.1) is 0 Å². The van der Waals surface area contributed by atoms with Gasteiger partial charge in [0.05, 0.1) is 21.3 Å². The topological polar surface area (TPSA) is 57.2 Å². The predicted molar refractivity (Wildman–Crippen MR) is 93.5 cm³/mol. The number of ether oxygens (including phenoxy) is 4. The Kier molecular flexibility index (Phi) is 5.68. The summed E-state index contributed by atoms with van der Waals surface area (Å²) in [6, 6.07) is 4.27. The third kappa shape index (κ3) is 4.00. The summed E-state index contributed by atoms with van der Waals surface area (Å²) in [6.07, 6.45) is 4.49. The summed E-state index contributed by atoms with van der Waals surface area (Å²) in [5.74, 6) is 2.01. The summed E-state index contributed by atoms with van der Waals surface area (Å²) >= 11 is 0. The highest BCUT2D eigenvalue weighted by atomic mass is 16.5. The molecule has 0 aromatic heterocycles. The number of benzene rings is 1. The zero-order valence-corrected chi connectivity index (χ0v) is 15.2. The number of hydrogen-bond donors (Lipinski definition) is 0. The molecule has 2 fully saturated rings. The zero-order valence-electron chi connectivity index (χ0n) is 15.2. The SMILES string of the molecule is COc1cc(CCN(C(=O)C2CCCO2)C2CC2)cc(OC)c1OC. The molecule has 0 radical (unpaired) electrons. The highest BCUT2D eigenvalue weighted by molar-refractivity contribution is 5.81. The fourth-order valence-corrected chi connectivity index (χ4v) is 3.35. The number of amides is 1. The Bertz CT molecular complexity index is 583. The molecule has 1 aromatic carbocycles. The van der Waals surface area contributed by atoms with Gasteiger partial charge in [-0.05, 0) is 49.8 Å². The van der Waals surface area contributed by atoms with Crippen molar-refractivity contribution in [1.82, 2.24) is 4.90 Å². The lowest BCUT2D eigenvalue weighted by Gasteiger charge is -2.25. The van der Waals surface area contributed by atoms with E-state index in [0.717, 1.165) is 37.7 Å². The van der Waals surface area contributed by atoms with E-state index >= 15 is 0 Å². The van der Waals surface area contributed by atoms with E-state index in [1.807, 2.05) is 17.0 Å². The van der Waals surface area contributed by atoms with Crippen LogP contribution >= 0.6 is 0 Å². The maximum atomic E-state index is 12.7. The molecular weight excluding hydrogens is 322 g/mol. The summed E-state index contributed by atoms with van der Waals surface area (Å²) in [5, 5.41) is 0. The first-order chi connectivity index (χ1) is 12.2. The number of carbonyl (C=O) groups excluding carboxylic acids is 1. The number of nitrogens with zero attached hydrogens (tertiary/aromatic N) is 1. The van der Waals surface area contributed by atoms with Crippen LogP contribution in [0.15, 0.2) is 12.1 Å². The predicted octanol–water partition coefficient (Wildman–Crippen LogP) is 2.42. The number of carbonyl (C=O) groups is 1. The quantitative estimate of drug-likeness (QED) is 0.721. The van der Waals surface area contributed by atoms with Crippen LogP contribution in [0.2, 0.25) is 0 Å². The highest BCUT2D eigenvalue weighted by Gasteiger charge is 2.37. The van der Waals surface area contributed by atoms with E-state index in [2.05, 4.69) is 0 Å². The normalized spacial score (nSPS) is 19.6. The molecule has 0 bridgehead atoms. The molecule has 6 nitrogen and oxygen atoms in total. The standard InChI is InChI=1S/C19H27NO5/c1-22-16-11-13(12-17(23-2)18(16)24-3)8-9-20(14-6-7-14)19(21)15-5-4-10-25-15/h11-12,14-15H,4-10H2,1-3H3. The molecule has 1 atom stereocenters. The van der Waals surface area contributed by atoms with Crippen molar-refractivity contribution in [3.8, 4) is 17.2 Å². The largest absolute Gasteiger partial charge is 0.493 e. The number of rotatable bonds is 8. The smallest absolute Gasteiger partial charge is 0.251 e. The third-order valence-corrected chi connectivity index (χ3v) is 4.84. The second kappa shape index (κ2) is 7.95. The third-order valence-electron chi connectivity index (χ3n) is 4.84. The summed E-state index contributed by atoms with van der Waals surface area (Å²) in [7, 11) is 4.81. The van der Waals surface area contributed by atoms with E-state index in [0.29, 0.717) is 36.4 Å². The van der Waals surface area contributed by atoms with Crippen molar-refractivity contribution in [2.24, 2.45) is 0 Å². The molecule has 1 aliphatic heterocycles. The molecule has 6 heteroatoms. The van der Waals surface area contributed by atoms with Crippen molar-refractivity contribution in [3.05, 3.63) is 17.7 Å². The molecule has 1 aliphatic carbocycles. The molecule has 25 heavy (non-hydrogen) atoms. The Morgan fingerprint density at radius 2 is 1.80 bits per heavy atom. The molecule has 0 N–H and O–H groups in total. The van der Waals surface area contributed by atoms with E-state index in [1.165, 1.54) is 0 Å².